The van der Waals surface area contributed by atoms with Crippen molar-refractivity contribution in [3.05, 3.63) is 0 Å². The highest BCUT2D eigenvalue weighted by Gasteiger charge is 2.30. The summed E-state index contributed by atoms with van der Waals surface area (Å²) in [6.07, 6.45) is 44.4. The molecule has 0 aliphatic rings. The fraction of sp³-hybridized carbons (Fsp3) is 0.944. The maximum absolute atomic E-state index is 13.0. The van der Waals surface area contributed by atoms with Crippen LogP contribution in [0.15, 0.2) is 0 Å². The highest BCUT2D eigenvalue weighted by Crippen LogP contribution is 2.45. The predicted octanol–water partition coefficient (Wildman–Crippen LogP) is 20.5. The van der Waals surface area contributed by atoms with Gasteiger partial charge in [-0.2, -0.15) is 0 Å². The first-order chi connectivity index (χ1) is 43.6. The van der Waals surface area contributed by atoms with Crippen LogP contribution in [0.5, 0.6) is 0 Å². The number of hydrogen-bond acceptors (Lipinski definition) is 15. The molecule has 0 saturated heterocycles. The quantitative estimate of drug-likeness (QED) is 0.0222. The minimum absolute atomic E-state index is 0.105. The normalized spacial score (nSPS) is 14.2. The van der Waals surface area contributed by atoms with Crippen LogP contribution in [-0.2, 0) is 65.4 Å². The molecule has 0 radical (unpaired) electrons. The van der Waals surface area contributed by atoms with Crippen LogP contribution < -0.4 is 0 Å². The zero-order valence-electron chi connectivity index (χ0n) is 59.5. The van der Waals surface area contributed by atoms with Crippen LogP contribution in [-0.4, -0.2) is 96.7 Å². The maximum atomic E-state index is 13.0. The van der Waals surface area contributed by atoms with E-state index in [0.29, 0.717) is 25.7 Å². The zero-order chi connectivity index (χ0) is 67.5. The lowest BCUT2D eigenvalue weighted by Gasteiger charge is -2.21. The van der Waals surface area contributed by atoms with Gasteiger partial charge in [-0.05, 0) is 49.4 Å². The second-order valence-corrected chi connectivity index (χ2v) is 30.8. The minimum atomic E-state index is -4.95. The summed E-state index contributed by atoms with van der Waals surface area (Å²) >= 11 is 0. The van der Waals surface area contributed by atoms with E-state index >= 15 is 0 Å². The van der Waals surface area contributed by atoms with Gasteiger partial charge in [0.25, 0.3) is 0 Å². The molecule has 3 N–H and O–H groups in total. The van der Waals surface area contributed by atoms with Crippen molar-refractivity contribution < 1.29 is 80.2 Å². The summed E-state index contributed by atoms with van der Waals surface area (Å²) in [7, 11) is -9.91. The van der Waals surface area contributed by atoms with Gasteiger partial charge in [0.2, 0.25) is 0 Å². The van der Waals surface area contributed by atoms with Gasteiger partial charge >= 0.3 is 39.5 Å². The molecule has 0 aromatic heterocycles. The van der Waals surface area contributed by atoms with Crippen molar-refractivity contribution >= 4 is 39.5 Å². The Morgan fingerprint density at radius 1 is 0.275 bits per heavy atom. The van der Waals surface area contributed by atoms with Gasteiger partial charge in [-0.3, -0.25) is 37.3 Å². The van der Waals surface area contributed by atoms with E-state index in [2.05, 4.69) is 55.4 Å². The van der Waals surface area contributed by atoms with E-state index < -0.39 is 97.5 Å². The van der Waals surface area contributed by atoms with E-state index in [9.17, 15) is 43.2 Å². The maximum Gasteiger partial charge on any atom is 0.472 e. The smallest absolute Gasteiger partial charge is 0.462 e. The number of ether oxygens (including phenoxy) is 4. The molecule has 3 unspecified atom stereocenters. The van der Waals surface area contributed by atoms with Crippen molar-refractivity contribution in [3.8, 4) is 0 Å². The van der Waals surface area contributed by atoms with Crippen molar-refractivity contribution in [2.24, 2.45) is 23.7 Å². The van der Waals surface area contributed by atoms with Gasteiger partial charge in [0, 0.05) is 25.7 Å². The van der Waals surface area contributed by atoms with Gasteiger partial charge in [-0.1, -0.05) is 306 Å². The molecule has 5 atom stereocenters. The lowest BCUT2D eigenvalue weighted by atomic mass is 10.0. The predicted molar refractivity (Wildman–Crippen MR) is 367 cm³/mol. The first-order valence-corrected chi connectivity index (χ1v) is 40.2. The third-order valence-electron chi connectivity index (χ3n) is 16.6. The summed E-state index contributed by atoms with van der Waals surface area (Å²) in [4.78, 5) is 72.6. The summed E-state index contributed by atoms with van der Waals surface area (Å²) < 4.78 is 68.4. The van der Waals surface area contributed by atoms with E-state index in [1.165, 1.54) is 161 Å². The number of aliphatic hydroxyl groups excluding tert-OH is 1. The van der Waals surface area contributed by atoms with Gasteiger partial charge in [0.1, 0.15) is 19.3 Å². The van der Waals surface area contributed by atoms with E-state index in [1.54, 1.807) is 0 Å². The average molecular weight is 1340 g/mol. The average Bonchev–Trinajstić information content (AvgIpc) is 3.68. The van der Waals surface area contributed by atoms with Crippen LogP contribution in [0.1, 0.15) is 357 Å². The van der Waals surface area contributed by atoms with Crippen molar-refractivity contribution in [1.82, 2.24) is 0 Å². The van der Waals surface area contributed by atoms with E-state index in [-0.39, 0.29) is 25.7 Å². The summed E-state index contributed by atoms with van der Waals surface area (Å²) in [5, 5.41) is 10.6. The van der Waals surface area contributed by atoms with Crippen molar-refractivity contribution in [2.75, 3.05) is 39.6 Å². The van der Waals surface area contributed by atoms with E-state index in [0.717, 1.165) is 114 Å². The Morgan fingerprint density at radius 2 is 0.462 bits per heavy atom. The van der Waals surface area contributed by atoms with Gasteiger partial charge in [-0.25, -0.2) is 9.13 Å². The van der Waals surface area contributed by atoms with Crippen molar-refractivity contribution in [2.45, 2.75) is 375 Å². The molecule has 0 fully saturated rings. The number of phosphoric ester groups is 2. The third-order valence-corrected chi connectivity index (χ3v) is 18.5. The number of carbonyl (C=O) groups is 4. The summed E-state index contributed by atoms with van der Waals surface area (Å²) in [5.74, 6) is 0.873. The Labute approximate surface area is 556 Å². The standard InChI is InChI=1S/C72H140O17P2/c1-62(2)48-40-32-24-16-11-9-13-19-28-36-44-52-69(74)82-58-67(89-72(77)55-47-39-31-21-15-18-26-34-42-50-64(5)6)60-86-90(78,79)84-56-66(73)57-85-91(80,81)87-61-68(59-83-70(75)53-45-37-29-23-22-27-35-43-51-65(7)8)88-71(76)54-46-38-30-20-14-10-12-17-25-33-41-49-63(3)4/h62-68,73H,9-61H2,1-8H3,(H,78,79)(H,80,81)/t66?,67-,68-/m1/s1. The lowest BCUT2D eigenvalue weighted by molar-refractivity contribution is -0.161. The molecule has 0 heterocycles. The molecule has 91 heavy (non-hydrogen) atoms. The second kappa shape index (κ2) is 61.6. The molecule has 540 valence electrons. The van der Waals surface area contributed by atoms with Crippen LogP contribution >= 0.6 is 15.6 Å². The Hall–Kier alpha value is -1.94. The summed E-state index contributed by atoms with van der Waals surface area (Å²) in [6.45, 7) is 14.1. The highest BCUT2D eigenvalue weighted by molar-refractivity contribution is 7.47. The highest BCUT2D eigenvalue weighted by atomic mass is 31.2. The van der Waals surface area contributed by atoms with E-state index in [1.807, 2.05) is 0 Å². The number of carbonyl (C=O) groups excluding carboxylic acids is 4. The number of unbranched alkanes of at least 4 members (excludes halogenated alkanes) is 35. The molecule has 0 aromatic rings. The molecule has 17 nitrogen and oxygen atoms in total. The molecule has 0 rings (SSSR count). The van der Waals surface area contributed by atoms with Crippen LogP contribution in [0.2, 0.25) is 0 Å². The monoisotopic (exact) mass is 1340 g/mol. The largest absolute Gasteiger partial charge is 0.472 e. The number of esters is 4. The molecule has 0 aromatic carbocycles. The van der Waals surface area contributed by atoms with Crippen molar-refractivity contribution in [1.29, 1.82) is 0 Å². The number of hydrogen-bond donors (Lipinski definition) is 3. The Morgan fingerprint density at radius 3 is 0.681 bits per heavy atom. The van der Waals surface area contributed by atoms with Crippen LogP contribution in [0.4, 0.5) is 0 Å². The lowest BCUT2D eigenvalue weighted by Crippen LogP contribution is -2.30. The minimum Gasteiger partial charge on any atom is -0.462 e. The Kier molecular flexibility index (Phi) is 60.3. The number of aliphatic hydroxyl groups is 1. The molecule has 0 amide bonds. The molecule has 0 aliphatic carbocycles. The van der Waals surface area contributed by atoms with Crippen LogP contribution in [0.25, 0.3) is 0 Å². The molecule has 0 saturated carbocycles. The van der Waals surface area contributed by atoms with Gasteiger partial charge < -0.3 is 33.8 Å². The van der Waals surface area contributed by atoms with Crippen LogP contribution in [0.3, 0.4) is 0 Å². The molecule has 0 aliphatic heterocycles. The van der Waals surface area contributed by atoms with Gasteiger partial charge in [0.15, 0.2) is 12.2 Å². The SMILES string of the molecule is CC(C)CCCCCCCCCCCCCC(=O)OC[C@H](COP(=O)(O)OCC(O)COP(=O)(O)OC[C@@H](COC(=O)CCCCCCCCCCC(C)C)OC(=O)CCCCCCCCCCCCCC(C)C)OC(=O)CCCCCCCCCCCC(C)C. The molecule has 0 spiro atoms. The fourth-order valence-electron chi connectivity index (χ4n) is 10.8. The van der Waals surface area contributed by atoms with E-state index in [4.69, 9.17) is 37.0 Å². The second-order valence-electron chi connectivity index (χ2n) is 27.9. The third kappa shape index (κ3) is 66.5. The summed E-state index contributed by atoms with van der Waals surface area (Å²) in [5.41, 5.74) is 0. The number of phosphoric acid groups is 2. The van der Waals surface area contributed by atoms with Crippen molar-refractivity contribution in [3.63, 3.8) is 0 Å². The first-order valence-electron chi connectivity index (χ1n) is 37.2. The van der Waals surface area contributed by atoms with Gasteiger partial charge in [-0.15, -0.1) is 0 Å². The van der Waals surface area contributed by atoms with Gasteiger partial charge in [0.05, 0.1) is 26.4 Å². The molecule has 19 heteroatoms. The Balaban J connectivity index is 5.26. The Bertz CT molecular complexity index is 1800. The fourth-order valence-corrected chi connectivity index (χ4v) is 12.4. The van der Waals surface area contributed by atoms with Crippen LogP contribution in [0, 0.1) is 23.7 Å². The molecular formula is C72H140O17P2. The zero-order valence-corrected chi connectivity index (χ0v) is 61.3. The first kappa shape index (κ1) is 89.1. The topological polar surface area (TPSA) is 237 Å². The number of rotatable bonds is 69. The molecular weight excluding hydrogens is 1200 g/mol. The summed E-state index contributed by atoms with van der Waals surface area (Å²) in [6, 6.07) is 0. The molecule has 0 bridgehead atoms.